The van der Waals surface area contributed by atoms with Crippen LogP contribution in [0.4, 0.5) is 11.4 Å². The number of allylic oxidation sites excluding steroid dienone is 3. The van der Waals surface area contributed by atoms with E-state index in [9.17, 15) is 14.4 Å². The van der Waals surface area contributed by atoms with E-state index in [0.29, 0.717) is 39.9 Å². The van der Waals surface area contributed by atoms with Gasteiger partial charge in [0.15, 0.2) is 12.2 Å². The Kier molecular flexibility index (Phi) is 8.96. The van der Waals surface area contributed by atoms with Gasteiger partial charge < -0.3 is 25.1 Å². The van der Waals surface area contributed by atoms with E-state index in [1.54, 1.807) is 54.8 Å². The number of hydrogen-bond acceptors (Lipinski definition) is 6. The van der Waals surface area contributed by atoms with Gasteiger partial charge >= 0.3 is 11.8 Å². The first-order valence-electron chi connectivity index (χ1n) is 12.3. The van der Waals surface area contributed by atoms with Crippen LogP contribution >= 0.6 is 23.2 Å². The Balaban J connectivity index is 1.32. The minimum atomic E-state index is -0.816. The van der Waals surface area contributed by atoms with E-state index in [1.807, 2.05) is 26.0 Å². The maximum atomic E-state index is 12.7. The zero-order chi connectivity index (χ0) is 28.9. The van der Waals surface area contributed by atoms with Crippen LogP contribution < -0.4 is 20.7 Å². The zero-order valence-corrected chi connectivity index (χ0v) is 23.5. The number of carbonyl (C=O) groups excluding carboxylic acids is 3. The van der Waals surface area contributed by atoms with E-state index in [1.165, 1.54) is 13.5 Å². The van der Waals surface area contributed by atoms with Crippen molar-refractivity contribution in [3.05, 3.63) is 83.9 Å². The SMILES string of the molecule is COc1cc(NC(=O)C(=O)NC(C)(C)Cc2ccc(NC(=O)C3C(Cl)=CC=CC3Cl)cc2)ccc1-c1cnco1. The lowest BCUT2D eigenvalue weighted by Crippen LogP contribution is -2.49. The molecular formula is C29H28Cl2N4O5. The Bertz CT molecular complexity index is 1450. The maximum absolute atomic E-state index is 12.7. The molecule has 3 aromatic rings. The van der Waals surface area contributed by atoms with Crippen LogP contribution in [0.5, 0.6) is 5.75 Å². The molecule has 0 fully saturated rings. The van der Waals surface area contributed by atoms with Gasteiger partial charge in [-0.15, -0.1) is 11.6 Å². The van der Waals surface area contributed by atoms with Gasteiger partial charge in [0, 0.05) is 28.0 Å². The Morgan fingerprint density at radius 2 is 1.77 bits per heavy atom. The summed E-state index contributed by atoms with van der Waals surface area (Å²) in [5.41, 5.74) is 1.78. The molecule has 1 aliphatic carbocycles. The van der Waals surface area contributed by atoms with Crippen LogP contribution in [0.2, 0.25) is 0 Å². The number of ether oxygens (including phenoxy) is 1. The van der Waals surface area contributed by atoms with Gasteiger partial charge in [0.05, 0.1) is 30.2 Å². The van der Waals surface area contributed by atoms with Crippen LogP contribution in [-0.2, 0) is 20.8 Å². The van der Waals surface area contributed by atoms with E-state index in [4.69, 9.17) is 32.4 Å². The molecule has 0 saturated carbocycles. The third-order valence-electron chi connectivity index (χ3n) is 6.13. The van der Waals surface area contributed by atoms with Gasteiger partial charge in [-0.2, -0.15) is 0 Å². The first-order chi connectivity index (χ1) is 19.1. The summed E-state index contributed by atoms with van der Waals surface area (Å²) in [5.74, 6) is -1.61. The molecule has 0 spiro atoms. The number of benzene rings is 2. The average Bonchev–Trinajstić information content (AvgIpc) is 3.44. The number of amides is 3. The zero-order valence-electron chi connectivity index (χ0n) is 22.0. The van der Waals surface area contributed by atoms with Crippen LogP contribution in [0, 0.1) is 5.92 Å². The van der Waals surface area contributed by atoms with Gasteiger partial charge in [-0.1, -0.05) is 35.9 Å². The minimum Gasteiger partial charge on any atom is -0.496 e. The predicted molar refractivity (Wildman–Crippen MR) is 154 cm³/mol. The number of rotatable bonds is 8. The van der Waals surface area contributed by atoms with Crippen LogP contribution in [-0.4, -0.2) is 40.7 Å². The lowest BCUT2D eigenvalue weighted by molar-refractivity contribution is -0.137. The number of methoxy groups -OCH3 is 1. The van der Waals surface area contributed by atoms with Gasteiger partial charge in [-0.05, 0) is 56.2 Å². The second-order valence-electron chi connectivity index (χ2n) is 9.79. The summed E-state index contributed by atoms with van der Waals surface area (Å²) in [6, 6.07) is 12.1. The lowest BCUT2D eigenvalue weighted by atomic mass is 9.94. The normalized spacial score (nSPS) is 16.6. The molecule has 1 aromatic heterocycles. The number of oxazole rings is 1. The number of hydrogen-bond donors (Lipinski definition) is 3. The fourth-order valence-corrected chi connectivity index (χ4v) is 4.95. The van der Waals surface area contributed by atoms with Crippen LogP contribution in [0.3, 0.4) is 0 Å². The van der Waals surface area contributed by atoms with Gasteiger partial charge in [0.1, 0.15) is 5.75 Å². The highest BCUT2D eigenvalue weighted by molar-refractivity contribution is 6.39. The number of anilines is 2. The van der Waals surface area contributed by atoms with Gasteiger partial charge in [0.25, 0.3) is 0 Å². The molecule has 0 bridgehead atoms. The fraction of sp³-hybridized carbons (Fsp3) is 0.241. The largest absolute Gasteiger partial charge is 0.496 e. The molecule has 0 aliphatic heterocycles. The first kappa shape index (κ1) is 28.9. The molecule has 1 aliphatic rings. The van der Waals surface area contributed by atoms with E-state index >= 15 is 0 Å². The van der Waals surface area contributed by atoms with Crippen molar-refractivity contribution in [3.63, 3.8) is 0 Å². The third-order valence-corrected chi connectivity index (χ3v) is 6.89. The van der Waals surface area contributed by atoms with Gasteiger partial charge in [-0.3, -0.25) is 14.4 Å². The van der Waals surface area contributed by atoms with Crippen molar-refractivity contribution in [3.8, 4) is 17.1 Å². The molecule has 2 unspecified atom stereocenters. The van der Waals surface area contributed by atoms with Crippen molar-refractivity contribution in [2.75, 3.05) is 17.7 Å². The number of carbonyl (C=O) groups is 3. The van der Waals surface area contributed by atoms with Crippen LogP contribution in [0.15, 0.2) is 82.7 Å². The summed E-state index contributed by atoms with van der Waals surface area (Å²) >= 11 is 12.4. The molecule has 2 aromatic carbocycles. The molecule has 1 heterocycles. The highest BCUT2D eigenvalue weighted by Gasteiger charge is 2.30. The third kappa shape index (κ3) is 7.11. The van der Waals surface area contributed by atoms with Crippen molar-refractivity contribution in [2.24, 2.45) is 5.92 Å². The molecule has 0 saturated heterocycles. The second kappa shape index (κ2) is 12.4. The lowest BCUT2D eigenvalue weighted by Gasteiger charge is -2.26. The summed E-state index contributed by atoms with van der Waals surface area (Å²) in [6.07, 6.45) is 8.38. The van der Waals surface area contributed by atoms with Gasteiger partial charge in [-0.25, -0.2) is 4.98 Å². The van der Waals surface area contributed by atoms with Crippen molar-refractivity contribution < 1.29 is 23.5 Å². The molecule has 40 heavy (non-hydrogen) atoms. The van der Waals surface area contributed by atoms with Crippen molar-refractivity contribution in [1.29, 1.82) is 0 Å². The molecule has 9 nitrogen and oxygen atoms in total. The Morgan fingerprint density at radius 3 is 2.42 bits per heavy atom. The molecule has 2 atom stereocenters. The van der Waals surface area contributed by atoms with Crippen LogP contribution in [0.25, 0.3) is 11.3 Å². The standard InChI is InChI=1S/C29H28Cl2N4O5/c1-29(2,14-17-7-9-18(10-8-17)33-26(36)25-21(30)5-4-6-22(25)31)35-28(38)27(37)34-19-11-12-20(23(13-19)39-3)24-15-32-16-40-24/h4-13,15-16,21,25H,14H2,1-3H3,(H,33,36)(H,34,37)(H,35,38). The quantitative estimate of drug-likeness (QED) is 0.245. The van der Waals surface area contributed by atoms with Crippen LogP contribution in [0.1, 0.15) is 19.4 Å². The van der Waals surface area contributed by atoms with E-state index < -0.39 is 28.6 Å². The Labute approximate surface area is 241 Å². The summed E-state index contributed by atoms with van der Waals surface area (Å²) < 4.78 is 10.7. The molecule has 4 rings (SSSR count). The number of nitrogens with one attached hydrogen (secondary N) is 3. The number of halogens is 2. The molecular weight excluding hydrogens is 555 g/mol. The van der Waals surface area contributed by atoms with E-state index in [2.05, 4.69) is 20.9 Å². The summed E-state index contributed by atoms with van der Waals surface area (Å²) in [6.45, 7) is 3.63. The smallest absolute Gasteiger partial charge is 0.313 e. The van der Waals surface area contributed by atoms with Crippen molar-refractivity contribution >= 4 is 52.3 Å². The topological polar surface area (TPSA) is 123 Å². The van der Waals surface area contributed by atoms with E-state index in [-0.39, 0.29) is 5.91 Å². The second-order valence-corrected chi connectivity index (χ2v) is 10.7. The summed E-state index contributed by atoms with van der Waals surface area (Å²) in [5, 5.41) is 8.04. The van der Waals surface area contributed by atoms with E-state index in [0.717, 1.165) is 5.56 Å². The minimum absolute atomic E-state index is 0.304. The van der Waals surface area contributed by atoms with Crippen molar-refractivity contribution in [2.45, 2.75) is 31.2 Å². The maximum Gasteiger partial charge on any atom is 0.313 e. The predicted octanol–water partition coefficient (Wildman–Crippen LogP) is 5.28. The molecule has 208 valence electrons. The monoisotopic (exact) mass is 582 g/mol. The molecule has 0 radical (unpaired) electrons. The Morgan fingerprint density at radius 1 is 1.05 bits per heavy atom. The highest BCUT2D eigenvalue weighted by atomic mass is 35.5. The summed E-state index contributed by atoms with van der Waals surface area (Å²) in [7, 11) is 1.49. The number of nitrogens with zero attached hydrogens (tertiary/aromatic N) is 1. The molecule has 11 heteroatoms. The fourth-order valence-electron chi connectivity index (χ4n) is 4.24. The summed E-state index contributed by atoms with van der Waals surface area (Å²) in [4.78, 5) is 41.9. The number of alkyl halides is 1. The van der Waals surface area contributed by atoms with Crippen molar-refractivity contribution in [1.82, 2.24) is 10.3 Å². The molecule has 3 amide bonds. The number of aromatic nitrogens is 1. The molecule has 3 N–H and O–H groups in total. The van der Waals surface area contributed by atoms with Gasteiger partial charge in [0.2, 0.25) is 5.91 Å². The first-order valence-corrected chi connectivity index (χ1v) is 13.2. The highest BCUT2D eigenvalue weighted by Crippen LogP contribution is 2.32. The Hall–Kier alpha value is -4.08. The average molecular weight is 583 g/mol.